The summed E-state index contributed by atoms with van der Waals surface area (Å²) in [4.78, 5) is 13.6. The van der Waals surface area contributed by atoms with Gasteiger partial charge in [-0.25, -0.2) is 0 Å². The molecule has 144 valence electrons. The van der Waals surface area contributed by atoms with Crippen LogP contribution in [0.1, 0.15) is 50.1 Å². The standard InChI is InChI=1S/C20H30N2O4/c1-25-14-6-7-15(17(13-14)26-2)19-16-5-3-4-9-20(16,24)10-12-22(19)11-8-18(21)23/h6-7,13,16,19,24H,3-5,8-12H2,1-2H3,(H2,21,23)/t16-,19+,20+/m0/s1. The molecule has 26 heavy (non-hydrogen) atoms. The summed E-state index contributed by atoms with van der Waals surface area (Å²) in [7, 11) is 3.29. The highest BCUT2D eigenvalue weighted by Crippen LogP contribution is 2.51. The number of carbonyl (C=O) groups excluding carboxylic acids is 1. The van der Waals surface area contributed by atoms with Crippen LogP contribution in [0, 0.1) is 5.92 Å². The number of carbonyl (C=O) groups is 1. The van der Waals surface area contributed by atoms with Gasteiger partial charge in [0.1, 0.15) is 11.5 Å². The minimum atomic E-state index is -0.642. The normalized spacial score (nSPS) is 29.0. The molecule has 1 aliphatic heterocycles. The van der Waals surface area contributed by atoms with E-state index < -0.39 is 5.60 Å². The number of aliphatic hydroxyl groups is 1. The highest BCUT2D eigenvalue weighted by Gasteiger charge is 2.49. The summed E-state index contributed by atoms with van der Waals surface area (Å²) in [6, 6.07) is 5.85. The minimum absolute atomic E-state index is 0.00857. The zero-order chi connectivity index (χ0) is 18.7. The molecule has 6 heteroatoms. The number of hydrogen-bond acceptors (Lipinski definition) is 5. The highest BCUT2D eigenvalue weighted by molar-refractivity contribution is 5.73. The minimum Gasteiger partial charge on any atom is -0.497 e. The molecule has 2 fully saturated rings. The van der Waals surface area contributed by atoms with Crippen molar-refractivity contribution >= 4 is 5.91 Å². The number of rotatable bonds is 6. The molecule has 1 saturated heterocycles. The van der Waals surface area contributed by atoms with Crippen LogP contribution in [0.5, 0.6) is 11.5 Å². The zero-order valence-corrected chi connectivity index (χ0v) is 15.7. The second-order valence-corrected chi connectivity index (χ2v) is 7.51. The molecule has 3 atom stereocenters. The van der Waals surface area contributed by atoms with Gasteiger partial charge in [-0.1, -0.05) is 18.9 Å². The second-order valence-electron chi connectivity index (χ2n) is 7.51. The fourth-order valence-corrected chi connectivity index (χ4v) is 4.72. The largest absolute Gasteiger partial charge is 0.497 e. The number of ether oxygens (including phenoxy) is 2. The molecule has 1 aromatic carbocycles. The van der Waals surface area contributed by atoms with Gasteiger partial charge in [-0.15, -0.1) is 0 Å². The van der Waals surface area contributed by atoms with Crippen LogP contribution in [0.15, 0.2) is 18.2 Å². The van der Waals surface area contributed by atoms with Gasteiger partial charge in [-0.2, -0.15) is 0 Å². The van der Waals surface area contributed by atoms with E-state index in [0.29, 0.717) is 13.0 Å². The van der Waals surface area contributed by atoms with Crippen LogP contribution in [0.2, 0.25) is 0 Å². The number of piperidine rings is 1. The fraction of sp³-hybridized carbons (Fsp3) is 0.650. The Balaban J connectivity index is 1.99. The number of hydrogen-bond donors (Lipinski definition) is 2. The molecule has 1 aromatic rings. The van der Waals surface area contributed by atoms with Gasteiger partial charge in [0.15, 0.2) is 0 Å². The predicted octanol–water partition coefficient (Wildman–Crippen LogP) is 2.25. The average molecular weight is 362 g/mol. The Morgan fingerprint density at radius 3 is 2.81 bits per heavy atom. The van der Waals surface area contributed by atoms with Crippen molar-refractivity contribution in [2.75, 3.05) is 27.3 Å². The maximum absolute atomic E-state index is 11.3. The number of benzene rings is 1. The first kappa shape index (κ1) is 19.0. The molecule has 0 unspecified atom stereocenters. The molecule has 1 heterocycles. The summed E-state index contributed by atoms with van der Waals surface area (Å²) >= 11 is 0. The van der Waals surface area contributed by atoms with Gasteiger partial charge in [0, 0.05) is 43.1 Å². The average Bonchev–Trinajstić information content (AvgIpc) is 2.65. The molecule has 3 rings (SSSR count). The molecular formula is C20H30N2O4. The van der Waals surface area contributed by atoms with Crippen molar-refractivity contribution in [3.63, 3.8) is 0 Å². The van der Waals surface area contributed by atoms with Crippen LogP contribution in [-0.4, -0.2) is 48.8 Å². The Morgan fingerprint density at radius 2 is 2.12 bits per heavy atom. The van der Waals surface area contributed by atoms with Gasteiger partial charge in [-0.05, 0) is 25.3 Å². The van der Waals surface area contributed by atoms with Crippen LogP contribution in [0.4, 0.5) is 0 Å². The van der Waals surface area contributed by atoms with E-state index in [1.54, 1.807) is 14.2 Å². The summed E-state index contributed by atoms with van der Waals surface area (Å²) < 4.78 is 11.0. The van der Waals surface area contributed by atoms with E-state index in [-0.39, 0.29) is 17.9 Å². The lowest BCUT2D eigenvalue weighted by Gasteiger charge is -2.53. The lowest BCUT2D eigenvalue weighted by atomic mass is 9.66. The molecule has 0 radical (unpaired) electrons. The van der Waals surface area contributed by atoms with E-state index >= 15 is 0 Å². The topological polar surface area (TPSA) is 85.0 Å². The quantitative estimate of drug-likeness (QED) is 0.811. The SMILES string of the molecule is COc1ccc([C@@H]2[C@@H]3CCCC[C@@]3(O)CCN2CCC(N)=O)c(OC)c1. The summed E-state index contributed by atoms with van der Waals surface area (Å²) in [5, 5.41) is 11.3. The van der Waals surface area contributed by atoms with E-state index in [2.05, 4.69) is 4.90 Å². The van der Waals surface area contributed by atoms with Gasteiger partial charge in [0.2, 0.25) is 5.91 Å². The molecule has 0 bridgehead atoms. The molecule has 1 amide bonds. The smallest absolute Gasteiger partial charge is 0.218 e. The number of primary amides is 1. The van der Waals surface area contributed by atoms with Crippen LogP contribution >= 0.6 is 0 Å². The molecule has 3 N–H and O–H groups in total. The lowest BCUT2D eigenvalue weighted by Crippen LogP contribution is -2.55. The van der Waals surface area contributed by atoms with Crippen molar-refractivity contribution in [2.24, 2.45) is 11.7 Å². The van der Waals surface area contributed by atoms with Crippen molar-refractivity contribution < 1.29 is 19.4 Å². The summed E-state index contributed by atoms with van der Waals surface area (Å²) in [5.41, 5.74) is 5.79. The first-order valence-corrected chi connectivity index (χ1v) is 9.45. The maximum Gasteiger partial charge on any atom is 0.218 e. The number of fused-ring (bicyclic) bond motifs is 1. The van der Waals surface area contributed by atoms with Crippen molar-refractivity contribution in [1.82, 2.24) is 4.90 Å². The summed E-state index contributed by atoms with van der Waals surface area (Å²) in [6.07, 6.45) is 5.07. The number of methoxy groups -OCH3 is 2. The number of amides is 1. The Morgan fingerprint density at radius 1 is 1.31 bits per heavy atom. The fourth-order valence-electron chi connectivity index (χ4n) is 4.72. The van der Waals surface area contributed by atoms with Crippen LogP contribution < -0.4 is 15.2 Å². The third-order valence-corrected chi connectivity index (χ3v) is 6.08. The van der Waals surface area contributed by atoms with E-state index in [1.807, 2.05) is 18.2 Å². The Bertz CT molecular complexity index is 651. The van der Waals surface area contributed by atoms with Crippen molar-refractivity contribution in [3.8, 4) is 11.5 Å². The molecule has 1 saturated carbocycles. The van der Waals surface area contributed by atoms with E-state index in [0.717, 1.165) is 55.7 Å². The predicted molar refractivity (Wildman–Crippen MR) is 99.2 cm³/mol. The molecular weight excluding hydrogens is 332 g/mol. The number of nitrogens with two attached hydrogens (primary N) is 1. The summed E-state index contributed by atoms with van der Waals surface area (Å²) in [5.74, 6) is 1.33. The van der Waals surface area contributed by atoms with Gasteiger partial charge in [0.05, 0.1) is 19.8 Å². The molecule has 0 spiro atoms. The lowest BCUT2D eigenvalue weighted by molar-refractivity contribution is -0.128. The first-order valence-electron chi connectivity index (χ1n) is 9.45. The van der Waals surface area contributed by atoms with Gasteiger partial charge in [-0.3, -0.25) is 9.69 Å². The van der Waals surface area contributed by atoms with Crippen molar-refractivity contribution in [2.45, 2.75) is 50.2 Å². The molecule has 6 nitrogen and oxygen atoms in total. The van der Waals surface area contributed by atoms with E-state index in [1.165, 1.54) is 0 Å². The van der Waals surface area contributed by atoms with E-state index in [9.17, 15) is 9.90 Å². The number of nitrogens with zero attached hydrogens (tertiary/aromatic N) is 1. The molecule has 0 aromatic heterocycles. The van der Waals surface area contributed by atoms with Crippen LogP contribution in [0.25, 0.3) is 0 Å². The van der Waals surface area contributed by atoms with Gasteiger partial charge >= 0.3 is 0 Å². The van der Waals surface area contributed by atoms with Crippen molar-refractivity contribution in [3.05, 3.63) is 23.8 Å². The third kappa shape index (κ3) is 3.67. The molecule has 2 aliphatic rings. The van der Waals surface area contributed by atoms with E-state index in [4.69, 9.17) is 15.2 Å². The third-order valence-electron chi connectivity index (χ3n) is 6.08. The van der Waals surface area contributed by atoms with Crippen LogP contribution in [0.3, 0.4) is 0 Å². The Labute approximate surface area is 155 Å². The summed E-state index contributed by atoms with van der Waals surface area (Å²) in [6.45, 7) is 1.35. The Kier molecular flexibility index (Phi) is 5.73. The van der Waals surface area contributed by atoms with Crippen LogP contribution in [-0.2, 0) is 4.79 Å². The Hall–Kier alpha value is -1.79. The highest BCUT2D eigenvalue weighted by atomic mass is 16.5. The van der Waals surface area contributed by atoms with Gasteiger partial charge < -0.3 is 20.3 Å². The second kappa shape index (κ2) is 7.84. The van der Waals surface area contributed by atoms with Crippen molar-refractivity contribution in [1.29, 1.82) is 0 Å². The first-order chi connectivity index (χ1) is 12.5. The van der Waals surface area contributed by atoms with Gasteiger partial charge in [0.25, 0.3) is 0 Å². The monoisotopic (exact) mass is 362 g/mol. The number of likely N-dealkylation sites (tertiary alicyclic amines) is 1. The zero-order valence-electron chi connectivity index (χ0n) is 15.7. The molecule has 1 aliphatic carbocycles. The maximum atomic E-state index is 11.3.